The molecular weight excluding hydrogens is 368 g/mol. The summed E-state index contributed by atoms with van der Waals surface area (Å²) in [7, 11) is -3.35. The normalized spacial score (nSPS) is 11.1. The second kappa shape index (κ2) is 7.56. The minimum Gasteiger partial charge on any atom is -0.462 e. The second-order valence-corrected chi connectivity index (χ2v) is 7.65. The molecule has 0 aromatic heterocycles. The highest BCUT2D eigenvalue weighted by molar-refractivity contribution is 9.10. The van der Waals surface area contributed by atoms with Crippen LogP contribution < -0.4 is 0 Å². The van der Waals surface area contributed by atoms with E-state index in [1.54, 1.807) is 48.5 Å². The first-order chi connectivity index (χ1) is 10.5. The van der Waals surface area contributed by atoms with Crippen molar-refractivity contribution < 1.29 is 17.9 Å². The third kappa shape index (κ3) is 4.68. The van der Waals surface area contributed by atoms with Crippen molar-refractivity contribution in [2.75, 3.05) is 12.4 Å². The average Bonchev–Trinajstić information content (AvgIpc) is 2.52. The number of benzene rings is 2. The van der Waals surface area contributed by atoms with E-state index in [0.717, 1.165) is 4.47 Å². The Hall–Kier alpha value is -1.66. The highest BCUT2D eigenvalue weighted by Gasteiger charge is 2.14. The summed E-state index contributed by atoms with van der Waals surface area (Å²) in [6.07, 6.45) is 0.261. The fraction of sp³-hybridized carbons (Fsp3) is 0.188. The van der Waals surface area contributed by atoms with Gasteiger partial charge in [-0.05, 0) is 42.8 Å². The van der Waals surface area contributed by atoms with Gasteiger partial charge in [0, 0.05) is 4.47 Å². The Morgan fingerprint density at radius 2 is 1.64 bits per heavy atom. The van der Waals surface area contributed by atoms with Gasteiger partial charge in [-0.1, -0.05) is 34.1 Å². The number of hydrogen-bond donors (Lipinski definition) is 0. The summed E-state index contributed by atoms with van der Waals surface area (Å²) < 4.78 is 30.1. The SMILES string of the molecule is O=C(OCCCS(=O)(=O)c1ccc(Br)cc1)c1ccccc1. The maximum atomic E-state index is 12.1. The van der Waals surface area contributed by atoms with E-state index in [0.29, 0.717) is 5.56 Å². The summed E-state index contributed by atoms with van der Waals surface area (Å²) in [5, 5.41) is 0. The predicted molar refractivity (Wildman–Crippen MR) is 87.5 cm³/mol. The molecule has 0 aliphatic rings. The molecule has 0 amide bonds. The molecule has 2 aromatic rings. The Morgan fingerprint density at radius 1 is 1.00 bits per heavy atom. The number of carbonyl (C=O) groups excluding carboxylic acids is 1. The lowest BCUT2D eigenvalue weighted by Crippen LogP contribution is -2.12. The maximum absolute atomic E-state index is 12.1. The van der Waals surface area contributed by atoms with E-state index in [-0.39, 0.29) is 23.7 Å². The van der Waals surface area contributed by atoms with Crippen molar-refractivity contribution in [3.8, 4) is 0 Å². The highest BCUT2D eigenvalue weighted by Crippen LogP contribution is 2.16. The van der Waals surface area contributed by atoms with Crippen molar-refractivity contribution in [2.45, 2.75) is 11.3 Å². The molecule has 0 aliphatic heterocycles. The molecule has 0 fully saturated rings. The lowest BCUT2D eigenvalue weighted by atomic mass is 10.2. The van der Waals surface area contributed by atoms with E-state index in [9.17, 15) is 13.2 Å². The van der Waals surface area contributed by atoms with E-state index in [2.05, 4.69) is 15.9 Å². The van der Waals surface area contributed by atoms with Gasteiger partial charge in [-0.2, -0.15) is 0 Å². The number of esters is 1. The Morgan fingerprint density at radius 3 is 2.27 bits per heavy atom. The van der Waals surface area contributed by atoms with Crippen molar-refractivity contribution in [1.82, 2.24) is 0 Å². The number of hydrogen-bond acceptors (Lipinski definition) is 4. The van der Waals surface area contributed by atoms with E-state index in [1.807, 2.05) is 6.07 Å². The minimum absolute atomic E-state index is 0.0588. The van der Waals surface area contributed by atoms with Gasteiger partial charge >= 0.3 is 5.97 Å². The molecule has 6 heteroatoms. The topological polar surface area (TPSA) is 60.4 Å². The van der Waals surface area contributed by atoms with Crippen LogP contribution >= 0.6 is 15.9 Å². The average molecular weight is 383 g/mol. The standard InChI is InChI=1S/C16H15BrO4S/c17-14-7-9-15(10-8-14)22(19,20)12-4-11-21-16(18)13-5-2-1-3-6-13/h1-3,5-10H,4,11-12H2. The molecule has 0 unspecified atom stereocenters. The van der Waals surface area contributed by atoms with Crippen LogP contribution in [-0.2, 0) is 14.6 Å². The van der Waals surface area contributed by atoms with E-state index in [1.165, 1.54) is 0 Å². The molecular formula is C16H15BrO4S. The van der Waals surface area contributed by atoms with Gasteiger partial charge in [-0.15, -0.1) is 0 Å². The van der Waals surface area contributed by atoms with E-state index in [4.69, 9.17) is 4.74 Å². The molecule has 2 aromatic carbocycles. The molecule has 2 rings (SSSR count). The van der Waals surface area contributed by atoms with Crippen LogP contribution in [0, 0.1) is 0 Å². The fourth-order valence-corrected chi connectivity index (χ4v) is 3.38. The molecule has 0 N–H and O–H groups in total. The van der Waals surface area contributed by atoms with Crippen molar-refractivity contribution in [1.29, 1.82) is 0 Å². The molecule has 0 heterocycles. The van der Waals surface area contributed by atoms with E-state index < -0.39 is 15.8 Å². The molecule has 0 radical (unpaired) electrons. The quantitative estimate of drug-likeness (QED) is 0.566. The zero-order chi connectivity index (χ0) is 16.0. The van der Waals surface area contributed by atoms with Crippen LogP contribution in [0.4, 0.5) is 0 Å². The van der Waals surface area contributed by atoms with Crippen LogP contribution in [-0.4, -0.2) is 26.7 Å². The maximum Gasteiger partial charge on any atom is 0.338 e. The lowest BCUT2D eigenvalue weighted by molar-refractivity contribution is 0.0505. The Labute approximate surface area is 138 Å². The zero-order valence-corrected chi connectivity index (χ0v) is 14.1. The molecule has 4 nitrogen and oxygen atoms in total. The number of halogens is 1. The fourth-order valence-electron chi connectivity index (χ4n) is 1.83. The first-order valence-electron chi connectivity index (χ1n) is 6.69. The van der Waals surface area contributed by atoms with Crippen molar-refractivity contribution >= 4 is 31.7 Å². The van der Waals surface area contributed by atoms with Crippen LogP contribution in [0.3, 0.4) is 0 Å². The third-order valence-electron chi connectivity index (χ3n) is 2.97. The molecule has 0 saturated heterocycles. The molecule has 0 saturated carbocycles. The molecule has 0 spiro atoms. The molecule has 0 aliphatic carbocycles. The summed E-state index contributed by atoms with van der Waals surface area (Å²) in [6, 6.07) is 15.1. The van der Waals surface area contributed by atoms with Gasteiger partial charge in [-0.25, -0.2) is 13.2 Å². The van der Waals surface area contributed by atoms with Crippen molar-refractivity contribution in [2.24, 2.45) is 0 Å². The second-order valence-electron chi connectivity index (χ2n) is 4.63. The Balaban J connectivity index is 1.83. The largest absolute Gasteiger partial charge is 0.462 e. The van der Waals surface area contributed by atoms with Crippen molar-refractivity contribution in [3.05, 3.63) is 64.6 Å². The molecule has 22 heavy (non-hydrogen) atoms. The Bertz CT molecular complexity index is 725. The molecule has 116 valence electrons. The summed E-state index contributed by atoms with van der Waals surface area (Å²) in [4.78, 5) is 12.0. The van der Waals surface area contributed by atoms with Crippen LogP contribution in [0.25, 0.3) is 0 Å². The van der Waals surface area contributed by atoms with Gasteiger partial charge in [0.25, 0.3) is 0 Å². The van der Waals surface area contributed by atoms with Crippen LogP contribution in [0.2, 0.25) is 0 Å². The first kappa shape index (κ1) is 16.7. The summed E-state index contributed by atoms with van der Waals surface area (Å²) >= 11 is 3.26. The Kier molecular flexibility index (Phi) is 5.74. The van der Waals surface area contributed by atoms with Gasteiger partial charge < -0.3 is 4.74 Å². The molecule has 0 atom stereocenters. The predicted octanol–water partition coefficient (Wildman–Crippen LogP) is 3.47. The number of rotatable bonds is 6. The lowest BCUT2D eigenvalue weighted by Gasteiger charge is -2.06. The van der Waals surface area contributed by atoms with Crippen LogP contribution in [0.1, 0.15) is 16.8 Å². The van der Waals surface area contributed by atoms with Gasteiger partial charge in [0.15, 0.2) is 9.84 Å². The number of ether oxygens (including phenoxy) is 1. The minimum atomic E-state index is -3.35. The summed E-state index contributed by atoms with van der Waals surface area (Å²) in [5.74, 6) is -0.502. The third-order valence-corrected chi connectivity index (χ3v) is 5.32. The summed E-state index contributed by atoms with van der Waals surface area (Å²) in [6.45, 7) is 0.0729. The van der Waals surface area contributed by atoms with Gasteiger partial charge in [0.2, 0.25) is 0 Å². The van der Waals surface area contributed by atoms with E-state index >= 15 is 0 Å². The molecule has 0 bridgehead atoms. The number of carbonyl (C=O) groups is 1. The van der Waals surface area contributed by atoms with Crippen LogP contribution in [0.15, 0.2) is 64.0 Å². The highest BCUT2D eigenvalue weighted by atomic mass is 79.9. The zero-order valence-electron chi connectivity index (χ0n) is 11.7. The first-order valence-corrected chi connectivity index (χ1v) is 9.14. The van der Waals surface area contributed by atoms with Gasteiger partial charge in [-0.3, -0.25) is 0 Å². The number of sulfone groups is 1. The summed E-state index contributed by atoms with van der Waals surface area (Å²) in [5.41, 5.74) is 0.457. The van der Waals surface area contributed by atoms with Gasteiger partial charge in [0.1, 0.15) is 0 Å². The van der Waals surface area contributed by atoms with Crippen molar-refractivity contribution in [3.63, 3.8) is 0 Å². The smallest absolute Gasteiger partial charge is 0.338 e. The monoisotopic (exact) mass is 382 g/mol. The van der Waals surface area contributed by atoms with Gasteiger partial charge in [0.05, 0.1) is 22.8 Å². The van der Waals surface area contributed by atoms with Crippen LogP contribution in [0.5, 0.6) is 0 Å².